The molecule has 1 heterocycles. The van der Waals surface area contributed by atoms with E-state index in [9.17, 15) is 0 Å². The molecule has 1 unspecified atom stereocenters. The summed E-state index contributed by atoms with van der Waals surface area (Å²) < 4.78 is 5.38. The highest BCUT2D eigenvalue weighted by Crippen LogP contribution is 2.27. The Kier molecular flexibility index (Phi) is 6.17. The standard InChI is InChI=1S/C15H23NO2S/c16-15(4-7-17)13-2-1-3-14(10-13)19-11-12-5-8-18-9-6-12/h1-3,10,12,15,17H,4-9,11,16H2. The third-order valence-corrected chi connectivity index (χ3v) is 4.78. The molecule has 0 aliphatic carbocycles. The van der Waals surface area contributed by atoms with Crippen LogP contribution in [-0.4, -0.2) is 30.7 Å². The summed E-state index contributed by atoms with van der Waals surface area (Å²) >= 11 is 1.90. The Balaban J connectivity index is 1.87. The molecule has 4 heteroatoms. The minimum Gasteiger partial charge on any atom is -0.396 e. The van der Waals surface area contributed by atoms with Crippen LogP contribution >= 0.6 is 11.8 Å². The van der Waals surface area contributed by atoms with Crippen molar-refractivity contribution in [2.75, 3.05) is 25.6 Å². The Hall–Kier alpha value is -0.550. The van der Waals surface area contributed by atoms with Gasteiger partial charge in [-0.2, -0.15) is 0 Å². The molecule has 1 aromatic rings. The van der Waals surface area contributed by atoms with Crippen molar-refractivity contribution in [3.8, 4) is 0 Å². The summed E-state index contributed by atoms with van der Waals surface area (Å²) in [6.45, 7) is 1.96. The second-order valence-electron chi connectivity index (χ2n) is 5.06. The number of rotatable bonds is 6. The fraction of sp³-hybridized carbons (Fsp3) is 0.600. The fourth-order valence-electron chi connectivity index (χ4n) is 2.27. The Bertz CT molecular complexity index is 380. The molecule has 1 aliphatic heterocycles. The van der Waals surface area contributed by atoms with Crippen molar-refractivity contribution < 1.29 is 9.84 Å². The van der Waals surface area contributed by atoms with Gasteiger partial charge in [-0.05, 0) is 42.9 Å². The quantitative estimate of drug-likeness (QED) is 0.787. The number of ether oxygens (including phenoxy) is 1. The summed E-state index contributed by atoms with van der Waals surface area (Å²) in [5.74, 6) is 1.93. The van der Waals surface area contributed by atoms with Gasteiger partial charge in [-0.25, -0.2) is 0 Å². The lowest BCUT2D eigenvalue weighted by molar-refractivity contribution is 0.0728. The highest BCUT2D eigenvalue weighted by atomic mass is 32.2. The van der Waals surface area contributed by atoms with E-state index in [0.29, 0.717) is 6.42 Å². The van der Waals surface area contributed by atoms with Crippen molar-refractivity contribution in [1.29, 1.82) is 0 Å². The van der Waals surface area contributed by atoms with Crippen molar-refractivity contribution in [3.05, 3.63) is 29.8 Å². The molecule has 1 fully saturated rings. The van der Waals surface area contributed by atoms with E-state index < -0.39 is 0 Å². The van der Waals surface area contributed by atoms with E-state index in [1.54, 1.807) is 0 Å². The molecule has 0 radical (unpaired) electrons. The average Bonchev–Trinajstić information content (AvgIpc) is 2.47. The maximum atomic E-state index is 8.94. The van der Waals surface area contributed by atoms with Crippen LogP contribution in [0.5, 0.6) is 0 Å². The van der Waals surface area contributed by atoms with Gasteiger partial charge in [-0.15, -0.1) is 11.8 Å². The van der Waals surface area contributed by atoms with Gasteiger partial charge >= 0.3 is 0 Å². The molecule has 0 aromatic heterocycles. The van der Waals surface area contributed by atoms with E-state index in [-0.39, 0.29) is 12.6 Å². The summed E-state index contributed by atoms with van der Waals surface area (Å²) in [4.78, 5) is 1.28. The van der Waals surface area contributed by atoms with Crippen LogP contribution < -0.4 is 5.73 Å². The van der Waals surface area contributed by atoms with E-state index in [2.05, 4.69) is 18.2 Å². The monoisotopic (exact) mass is 281 g/mol. The molecule has 2 rings (SSSR count). The van der Waals surface area contributed by atoms with Crippen LogP contribution in [0, 0.1) is 5.92 Å². The summed E-state index contributed by atoms with van der Waals surface area (Å²) in [6.07, 6.45) is 2.97. The van der Waals surface area contributed by atoms with Crippen molar-refractivity contribution in [1.82, 2.24) is 0 Å². The second-order valence-corrected chi connectivity index (χ2v) is 6.15. The molecule has 1 saturated heterocycles. The van der Waals surface area contributed by atoms with E-state index in [4.69, 9.17) is 15.6 Å². The Labute approximate surface area is 119 Å². The van der Waals surface area contributed by atoms with E-state index in [1.165, 1.54) is 17.7 Å². The maximum Gasteiger partial charge on any atom is 0.0468 e. The topological polar surface area (TPSA) is 55.5 Å². The molecule has 0 spiro atoms. The molecule has 1 aliphatic rings. The van der Waals surface area contributed by atoms with Gasteiger partial charge in [-0.3, -0.25) is 0 Å². The fourth-order valence-corrected chi connectivity index (χ4v) is 3.42. The molecule has 3 N–H and O–H groups in total. The predicted octanol–water partition coefficient (Wildman–Crippen LogP) is 2.59. The maximum absolute atomic E-state index is 8.94. The van der Waals surface area contributed by atoms with Crippen LogP contribution in [0.2, 0.25) is 0 Å². The lowest BCUT2D eigenvalue weighted by atomic mass is 10.0. The first-order valence-corrected chi connectivity index (χ1v) is 7.95. The van der Waals surface area contributed by atoms with E-state index >= 15 is 0 Å². The Morgan fingerprint density at radius 3 is 2.89 bits per heavy atom. The summed E-state index contributed by atoms with van der Waals surface area (Å²) in [6, 6.07) is 8.33. The number of benzene rings is 1. The molecule has 1 aromatic carbocycles. The van der Waals surface area contributed by atoms with Gasteiger partial charge in [0.05, 0.1) is 0 Å². The third-order valence-electron chi connectivity index (χ3n) is 3.55. The minimum atomic E-state index is -0.0615. The van der Waals surface area contributed by atoms with Crippen LogP contribution in [0.3, 0.4) is 0 Å². The first-order chi connectivity index (χ1) is 9.29. The number of hydrogen-bond acceptors (Lipinski definition) is 4. The zero-order chi connectivity index (χ0) is 13.5. The summed E-state index contributed by atoms with van der Waals surface area (Å²) in [7, 11) is 0. The van der Waals surface area contributed by atoms with E-state index in [0.717, 1.165) is 30.4 Å². The lowest BCUT2D eigenvalue weighted by Crippen LogP contribution is -2.17. The molecular formula is C15H23NO2S. The van der Waals surface area contributed by atoms with Crippen LogP contribution in [0.1, 0.15) is 30.9 Å². The zero-order valence-electron chi connectivity index (χ0n) is 11.3. The van der Waals surface area contributed by atoms with Crippen molar-refractivity contribution in [3.63, 3.8) is 0 Å². The van der Waals surface area contributed by atoms with Crippen LogP contribution in [-0.2, 0) is 4.74 Å². The minimum absolute atomic E-state index is 0.0615. The number of thioether (sulfide) groups is 1. The van der Waals surface area contributed by atoms with Gasteiger partial charge in [0.15, 0.2) is 0 Å². The molecule has 0 amide bonds. The molecule has 19 heavy (non-hydrogen) atoms. The van der Waals surface area contributed by atoms with Crippen molar-refractivity contribution >= 4 is 11.8 Å². The highest BCUT2D eigenvalue weighted by molar-refractivity contribution is 7.99. The molecule has 106 valence electrons. The second kappa shape index (κ2) is 7.90. The van der Waals surface area contributed by atoms with Crippen molar-refractivity contribution in [2.45, 2.75) is 30.2 Å². The number of aliphatic hydroxyl groups is 1. The first-order valence-electron chi connectivity index (χ1n) is 6.96. The van der Waals surface area contributed by atoms with Gasteiger partial charge in [-0.1, -0.05) is 12.1 Å². The normalized spacial score (nSPS) is 18.4. The molecule has 3 nitrogen and oxygen atoms in total. The van der Waals surface area contributed by atoms with Crippen LogP contribution in [0.4, 0.5) is 0 Å². The Morgan fingerprint density at radius 1 is 1.37 bits per heavy atom. The lowest BCUT2D eigenvalue weighted by Gasteiger charge is -2.21. The van der Waals surface area contributed by atoms with E-state index in [1.807, 2.05) is 17.8 Å². The van der Waals surface area contributed by atoms with Gasteiger partial charge in [0, 0.05) is 36.5 Å². The SMILES string of the molecule is NC(CCO)c1cccc(SCC2CCOCC2)c1. The van der Waals surface area contributed by atoms with Gasteiger partial charge in [0.1, 0.15) is 0 Å². The van der Waals surface area contributed by atoms with Crippen molar-refractivity contribution in [2.24, 2.45) is 11.7 Å². The predicted molar refractivity (Wildman–Crippen MR) is 79.3 cm³/mol. The van der Waals surface area contributed by atoms with Crippen LogP contribution in [0.15, 0.2) is 29.2 Å². The first kappa shape index (κ1) is 14.9. The zero-order valence-corrected chi connectivity index (χ0v) is 12.1. The van der Waals surface area contributed by atoms with Gasteiger partial charge in [0.2, 0.25) is 0 Å². The third kappa shape index (κ3) is 4.80. The number of hydrogen-bond donors (Lipinski definition) is 2. The molecule has 1 atom stereocenters. The molecule has 0 saturated carbocycles. The number of nitrogens with two attached hydrogens (primary N) is 1. The smallest absolute Gasteiger partial charge is 0.0468 e. The number of aliphatic hydroxyl groups excluding tert-OH is 1. The highest BCUT2D eigenvalue weighted by Gasteiger charge is 2.14. The average molecular weight is 281 g/mol. The molecule has 0 bridgehead atoms. The largest absolute Gasteiger partial charge is 0.396 e. The summed E-state index contributed by atoms with van der Waals surface area (Å²) in [5, 5.41) is 8.94. The summed E-state index contributed by atoms with van der Waals surface area (Å²) in [5.41, 5.74) is 7.14. The van der Waals surface area contributed by atoms with Gasteiger partial charge in [0.25, 0.3) is 0 Å². The Morgan fingerprint density at radius 2 is 2.16 bits per heavy atom. The molecular weight excluding hydrogens is 258 g/mol. The van der Waals surface area contributed by atoms with Gasteiger partial charge < -0.3 is 15.6 Å². The van der Waals surface area contributed by atoms with Crippen LogP contribution in [0.25, 0.3) is 0 Å².